The molecule has 0 aliphatic rings. The van der Waals surface area contributed by atoms with Crippen LogP contribution in [0.4, 0.5) is 10.2 Å². The molecule has 2 rings (SSSR count). The number of halogens is 2. The Morgan fingerprint density at radius 3 is 2.75 bits per heavy atom. The third kappa shape index (κ3) is 2.50. The monoisotopic (exact) mass is 291 g/mol. The van der Waals surface area contributed by atoms with E-state index in [1.807, 2.05) is 13.8 Å². The second-order valence-electron chi connectivity index (χ2n) is 4.77. The first kappa shape index (κ1) is 14.4. The molecule has 0 bridgehead atoms. The molecule has 5 heteroatoms. The summed E-state index contributed by atoms with van der Waals surface area (Å²) in [5.41, 5.74) is 6.80. The topological polar surface area (TPSA) is 43.8 Å². The molecule has 0 saturated carbocycles. The van der Waals surface area contributed by atoms with Crippen LogP contribution in [0.15, 0.2) is 18.2 Å². The van der Waals surface area contributed by atoms with Crippen LogP contribution in [0.1, 0.15) is 25.6 Å². The van der Waals surface area contributed by atoms with Crippen molar-refractivity contribution in [3.05, 3.63) is 34.9 Å². The summed E-state index contributed by atoms with van der Waals surface area (Å²) in [6.07, 6.45) is 5.35. The summed E-state index contributed by atoms with van der Waals surface area (Å²) >= 11 is 5.76. The van der Waals surface area contributed by atoms with Crippen LogP contribution in [0.5, 0.6) is 0 Å². The minimum absolute atomic E-state index is 0.134. The zero-order chi connectivity index (χ0) is 14.9. The Balaban J connectivity index is 2.63. The lowest BCUT2D eigenvalue weighted by Crippen LogP contribution is -2.07. The molecule has 0 amide bonds. The number of nitrogens with two attached hydrogens (primary N) is 1. The maximum atomic E-state index is 14.0. The van der Waals surface area contributed by atoms with Gasteiger partial charge >= 0.3 is 0 Å². The number of aromatic nitrogens is 2. The molecule has 20 heavy (non-hydrogen) atoms. The van der Waals surface area contributed by atoms with Crippen LogP contribution >= 0.6 is 11.6 Å². The van der Waals surface area contributed by atoms with Crippen molar-refractivity contribution in [2.45, 2.75) is 26.3 Å². The van der Waals surface area contributed by atoms with E-state index >= 15 is 0 Å². The van der Waals surface area contributed by atoms with Gasteiger partial charge in [-0.2, -0.15) is 0 Å². The van der Waals surface area contributed by atoms with Crippen LogP contribution in [-0.2, 0) is 6.54 Å². The quantitative estimate of drug-likeness (QED) is 0.877. The smallest absolute Gasteiger partial charge is 0.134 e. The Kier molecular flexibility index (Phi) is 4.01. The number of benzene rings is 1. The van der Waals surface area contributed by atoms with Gasteiger partial charge in [0.05, 0.1) is 6.54 Å². The zero-order valence-electron chi connectivity index (χ0n) is 11.3. The van der Waals surface area contributed by atoms with E-state index in [1.54, 1.807) is 16.7 Å². The molecule has 0 radical (unpaired) electrons. The Labute approximate surface area is 122 Å². The molecule has 0 aliphatic heterocycles. The van der Waals surface area contributed by atoms with Gasteiger partial charge < -0.3 is 10.3 Å². The molecule has 0 saturated heterocycles. The fourth-order valence-corrected chi connectivity index (χ4v) is 2.22. The maximum absolute atomic E-state index is 14.0. The number of rotatable bonds is 3. The van der Waals surface area contributed by atoms with Crippen molar-refractivity contribution < 1.29 is 4.39 Å². The fraction of sp³-hybridized carbons (Fsp3) is 0.267. The van der Waals surface area contributed by atoms with Crippen LogP contribution < -0.4 is 5.73 Å². The molecule has 2 aromatic rings. The molecule has 0 spiro atoms. The van der Waals surface area contributed by atoms with Gasteiger partial charge in [0.15, 0.2) is 0 Å². The summed E-state index contributed by atoms with van der Waals surface area (Å²) in [6, 6.07) is 4.42. The van der Waals surface area contributed by atoms with Gasteiger partial charge in [-0.3, -0.25) is 0 Å². The molecular formula is C15H15ClFN3. The summed E-state index contributed by atoms with van der Waals surface area (Å²) in [6.45, 7) is 4.27. The lowest BCUT2D eigenvalue weighted by atomic mass is 10.1. The van der Waals surface area contributed by atoms with Gasteiger partial charge in [-0.15, -0.1) is 6.42 Å². The molecule has 0 unspecified atom stereocenters. The van der Waals surface area contributed by atoms with Crippen molar-refractivity contribution in [1.29, 1.82) is 0 Å². The largest absolute Gasteiger partial charge is 0.383 e. The van der Waals surface area contributed by atoms with Crippen LogP contribution in [0.25, 0.3) is 11.3 Å². The number of nitrogens with zero attached hydrogens (tertiary/aromatic N) is 2. The Morgan fingerprint density at radius 2 is 2.20 bits per heavy atom. The van der Waals surface area contributed by atoms with Gasteiger partial charge in [-0.05, 0) is 18.2 Å². The van der Waals surface area contributed by atoms with Crippen LogP contribution in [0.2, 0.25) is 5.02 Å². The van der Waals surface area contributed by atoms with Gasteiger partial charge in [0, 0.05) is 16.5 Å². The number of terminal acetylenes is 1. The highest BCUT2D eigenvalue weighted by Crippen LogP contribution is 2.32. The molecular weight excluding hydrogens is 277 g/mol. The number of hydrogen-bond acceptors (Lipinski definition) is 2. The van der Waals surface area contributed by atoms with Gasteiger partial charge in [-0.25, -0.2) is 9.37 Å². The zero-order valence-corrected chi connectivity index (χ0v) is 12.1. The predicted octanol–water partition coefficient (Wildman–Crippen LogP) is 3.68. The van der Waals surface area contributed by atoms with Crippen molar-refractivity contribution in [2.75, 3.05) is 5.73 Å². The van der Waals surface area contributed by atoms with Crippen molar-refractivity contribution in [3.8, 4) is 23.6 Å². The molecule has 1 aromatic heterocycles. The van der Waals surface area contributed by atoms with E-state index in [2.05, 4.69) is 10.9 Å². The molecule has 104 valence electrons. The molecule has 3 nitrogen and oxygen atoms in total. The SMILES string of the molecule is C#CCn1c(C(C)C)nc(-c2ccc(Cl)cc2F)c1N. The number of imidazole rings is 1. The van der Waals surface area contributed by atoms with Gasteiger partial charge in [0.2, 0.25) is 0 Å². The van der Waals surface area contributed by atoms with E-state index in [4.69, 9.17) is 23.8 Å². The average Bonchev–Trinajstić information content (AvgIpc) is 2.68. The summed E-state index contributed by atoms with van der Waals surface area (Å²) in [5.74, 6) is 3.33. The highest BCUT2D eigenvalue weighted by Gasteiger charge is 2.20. The van der Waals surface area contributed by atoms with Crippen molar-refractivity contribution in [1.82, 2.24) is 9.55 Å². The van der Waals surface area contributed by atoms with Gasteiger partial charge in [0.1, 0.15) is 23.2 Å². The highest BCUT2D eigenvalue weighted by atomic mass is 35.5. The van der Waals surface area contributed by atoms with Crippen LogP contribution in [0.3, 0.4) is 0 Å². The molecule has 1 heterocycles. The van der Waals surface area contributed by atoms with E-state index < -0.39 is 5.82 Å². The summed E-state index contributed by atoms with van der Waals surface area (Å²) < 4.78 is 15.7. The average molecular weight is 292 g/mol. The van der Waals surface area contributed by atoms with E-state index in [1.165, 1.54) is 6.07 Å². The fourth-order valence-electron chi connectivity index (χ4n) is 2.06. The minimum atomic E-state index is -0.454. The first-order valence-electron chi connectivity index (χ1n) is 6.20. The predicted molar refractivity (Wildman–Crippen MR) is 80.0 cm³/mol. The Bertz CT molecular complexity index is 683. The number of anilines is 1. The van der Waals surface area contributed by atoms with E-state index in [0.29, 0.717) is 28.6 Å². The number of nitrogen functional groups attached to an aromatic ring is 1. The normalized spacial score (nSPS) is 10.8. The Hall–Kier alpha value is -1.99. The molecule has 0 atom stereocenters. The van der Waals surface area contributed by atoms with E-state index in [9.17, 15) is 4.39 Å². The first-order chi connectivity index (χ1) is 9.45. The van der Waals surface area contributed by atoms with Crippen molar-refractivity contribution in [2.24, 2.45) is 0 Å². The standard InChI is InChI=1S/C15H15ClFN3/c1-4-7-20-14(18)13(19-15(20)9(2)3)11-6-5-10(16)8-12(11)17/h1,5-6,8-9H,7,18H2,2-3H3. The molecule has 0 fully saturated rings. The van der Waals surface area contributed by atoms with Crippen LogP contribution in [0, 0.1) is 18.2 Å². The maximum Gasteiger partial charge on any atom is 0.134 e. The summed E-state index contributed by atoms with van der Waals surface area (Å²) in [7, 11) is 0. The van der Waals surface area contributed by atoms with E-state index in [0.717, 1.165) is 5.82 Å². The van der Waals surface area contributed by atoms with Gasteiger partial charge in [0.25, 0.3) is 0 Å². The summed E-state index contributed by atoms with van der Waals surface area (Å²) in [5, 5.41) is 0.331. The van der Waals surface area contributed by atoms with E-state index in [-0.39, 0.29) is 5.92 Å². The third-order valence-corrected chi connectivity index (χ3v) is 3.22. The lowest BCUT2D eigenvalue weighted by molar-refractivity contribution is 0.631. The Morgan fingerprint density at radius 1 is 1.50 bits per heavy atom. The third-order valence-electron chi connectivity index (χ3n) is 2.99. The number of hydrogen-bond donors (Lipinski definition) is 1. The molecule has 1 aromatic carbocycles. The summed E-state index contributed by atoms with van der Waals surface area (Å²) in [4.78, 5) is 4.45. The second kappa shape index (κ2) is 5.56. The highest BCUT2D eigenvalue weighted by molar-refractivity contribution is 6.30. The van der Waals surface area contributed by atoms with Crippen molar-refractivity contribution in [3.63, 3.8) is 0 Å². The van der Waals surface area contributed by atoms with Gasteiger partial charge in [-0.1, -0.05) is 31.4 Å². The lowest BCUT2D eigenvalue weighted by Gasteiger charge is -2.08. The van der Waals surface area contributed by atoms with Crippen LogP contribution in [-0.4, -0.2) is 9.55 Å². The molecule has 0 aliphatic carbocycles. The molecule has 2 N–H and O–H groups in total. The minimum Gasteiger partial charge on any atom is -0.383 e. The first-order valence-corrected chi connectivity index (χ1v) is 6.58. The van der Waals surface area contributed by atoms with Crippen molar-refractivity contribution >= 4 is 17.4 Å². The second-order valence-corrected chi connectivity index (χ2v) is 5.21.